The molecule has 2 heterocycles. The summed E-state index contributed by atoms with van der Waals surface area (Å²) in [5, 5.41) is 8.07. The van der Waals surface area contributed by atoms with Gasteiger partial charge >= 0.3 is 0 Å². The number of ether oxygens (including phenoxy) is 1. The summed E-state index contributed by atoms with van der Waals surface area (Å²) < 4.78 is 7.41. The van der Waals surface area contributed by atoms with Crippen molar-refractivity contribution >= 4 is 0 Å². The summed E-state index contributed by atoms with van der Waals surface area (Å²) >= 11 is 0. The third-order valence-electron chi connectivity index (χ3n) is 3.94. The van der Waals surface area contributed by atoms with Crippen molar-refractivity contribution in [2.24, 2.45) is 0 Å². The molecule has 0 spiro atoms. The van der Waals surface area contributed by atoms with Gasteiger partial charge in [-0.05, 0) is 38.9 Å². The molecule has 5 heteroatoms. The molecule has 1 N–H and O–H groups in total. The quantitative estimate of drug-likeness (QED) is 0.736. The van der Waals surface area contributed by atoms with Crippen LogP contribution in [0.4, 0.5) is 0 Å². The number of hydrogen-bond acceptors (Lipinski definition) is 4. The fraction of sp³-hybridized carbons (Fsp3) is 0.800. The van der Waals surface area contributed by atoms with Crippen LogP contribution in [0.2, 0.25) is 0 Å². The van der Waals surface area contributed by atoms with Crippen molar-refractivity contribution in [3.05, 3.63) is 18.0 Å². The van der Waals surface area contributed by atoms with Gasteiger partial charge in [-0.15, -0.1) is 0 Å². The van der Waals surface area contributed by atoms with Gasteiger partial charge in [-0.3, -0.25) is 9.58 Å². The Labute approximate surface area is 122 Å². The van der Waals surface area contributed by atoms with Gasteiger partial charge in [0.2, 0.25) is 0 Å². The maximum atomic E-state index is 5.35. The molecule has 1 atom stereocenters. The van der Waals surface area contributed by atoms with Crippen molar-refractivity contribution in [1.29, 1.82) is 0 Å². The zero-order valence-electron chi connectivity index (χ0n) is 12.8. The predicted molar refractivity (Wildman–Crippen MR) is 80.8 cm³/mol. The molecule has 0 radical (unpaired) electrons. The van der Waals surface area contributed by atoms with Crippen LogP contribution in [0, 0.1) is 0 Å². The van der Waals surface area contributed by atoms with Gasteiger partial charge in [0, 0.05) is 31.9 Å². The van der Waals surface area contributed by atoms with Crippen molar-refractivity contribution in [2.45, 2.75) is 39.3 Å². The van der Waals surface area contributed by atoms with E-state index in [1.807, 2.05) is 0 Å². The molecule has 1 aromatic rings. The number of nitrogens with one attached hydrogen (secondary N) is 1. The Morgan fingerprint density at radius 1 is 1.40 bits per heavy atom. The highest BCUT2D eigenvalue weighted by Crippen LogP contribution is 2.08. The molecule has 0 bridgehead atoms. The Hall–Kier alpha value is -0.910. The number of morpholine rings is 1. The summed E-state index contributed by atoms with van der Waals surface area (Å²) in [6, 6.07) is 2.60. The second-order valence-electron chi connectivity index (χ2n) is 5.53. The lowest BCUT2D eigenvalue weighted by Gasteiger charge is -2.26. The van der Waals surface area contributed by atoms with Crippen molar-refractivity contribution in [2.75, 3.05) is 39.4 Å². The van der Waals surface area contributed by atoms with E-state index < -0.39 is 0 Å². The van der Waals surface area contributed by atoms with Gasteiger partial charge < -0.3 is 10.1 Å². The molecule has 0 aliphatic carbocycles. The van der Waals surface area contributed by atoms with E-state index >= 15 is 0 Å². The second-order valence-corrected chi connectivity index (χ2v) is 5.53. The average Bonchev–Trinajstić information content (AvgIpc) is 2.96. The third-order valence-corrected chi connectivity index (χ3v) is 3.94. The van der Waals surface area contributed by atoms with Crippen molar-refractivity contribution in [3.8, 4) is 0 Å². The minimum atomic E-state index is 0.491. The van der Waals surface area contributed by atoms with E-state index in [-0.39, 0.29) is 0 Å². The van der Waals surface area contributed by atoms with Gasteiger partial charge in [-0.1, -0.05) is 6.92 Å². The SMILES string of the molecule is CCC(C)n1ccc(CNCCCN2CCOCC2)n1. The van der Waals surface area contributed by atoms with Crippen LogP contribution in [-0.2, 0) is 11.3 Å². The van der Waals surface area contributed by atoms with Crippen LogP contribution < -0.4 is 5.32 Å². The summed E-state index contributed by atoms with van der Waals surface area (Å²) in [6.45, 7) is 11.4. The van der Waals surface area contributed by atoms with Gasteiger partial charge in [0.1, 0.15) is 0 Å². The minimum absolute atomic E-state index is 0.491. The first-order valence-electron chi connectivity index (χ1n) is 7.84. The number of nitrogens with zero attached hydrogens (tertiary/aromatic N) is 3. The van der Waals surface area contributed by atoms with E-state index in [4.69, 9.17) is 4.74 Å². The smallest absolute Gasteiger partial charge is 0.0762 e. The minimum Gasteiger partial charge on any atom is -0.379 e. The first-order chi connectivity index (χ1) is 9.79. The maximum absolute atomic E-state index is 5.35. The Morgan fingerprint density at radius 3 is 2.95 bits per heavy atom. The lowest BCUT2D eigenvalue weighted by atomic mass is 10.3. The van der Waals surface area contributed by atoms with Crippen LogP contribution in [0.5, 0.6) is 0 Å². The Bertz CT molecular complexity index is 374. The number of hydrogen-bond donors (Lipinski definition) is 1. The summed E-state index contributed by atoms with van der Waals surface area (Å²) in [7, 11) is 0. The van der Waals surface area contributed by atoms with Crippen molar-refractivity contribution in [3.63, 3.8) is 0 Å². The Balaban J connectivity index is 1.57. The lowest BCUT2D eigenvalue weighted by Crippen LogP contribution is -2.37. The van der Waals surface area contributed by atoms with E-state index in [1.54, 1.807) is 0 Å². The molecule has 1 unspecified atom stereocenters. The fourth-order valence-electron chi connectivity index (χ4n) is 2.37. The summed E-state index contributed by atoms with van der Waals surface area (Å²) in [6.07, 6.45) is 4.39. The van der Waals surface area contributed by atoms with Crippen LogP contribution in [0.25, 0.3) is 0 Å². The maximum Gasteiger partial charge on any atom is 0.0762 e. The molecule has 0 aromatic carbocycles. The zero-order chi connectivity index (χ0) is 14.2. The normalized spacial score (nSPS) is 18.3. The van der Waals surface area contributed by atoms with Crippen LogP contribution >= 0.6 is 0 Å². The Kier molecular flexibility index (Phi) is 6.50. The zero-order valence-corrected chi connectivity index (χ0v) is 12.8. The molecule has 1 saturated heterocycles. The van der Waals surface area contributed by atoms with Crippen molar-refractivity contribution in [1.82, 2.24) is 20.0 Å². The second kappa shape index (κ2) is 8.39. The van der Waals surface area contributed by atoms with Crippen LogP contribution in [0.15, 0.2) is 12.3 Å². The number of aromatic nitrogens is 2. The van der Waals surface area contributed by atoms with Crippen LogP contribution in [-0.4, -0.2) is 54.1 Å². The largest absolute Gasteiger partial charge is 0.379 e. The lowest BCUT2D eigenvalue weighted by molar-refractivity contribution is 0.0374. The van der Waals surface area contributed by atoms with Gasteiger partial charge in [0.15, 0.2) is 0 Å². The monoisotopic (exact) mass is 280 g/mol. The average molecular weight is 280 g/mol. The summed E-state index contributed by atoms with van der Waals surface area (Å²) in [5.41, 5.74) is 1.14. The molecular weight excluding hydrogens is 252 g/mol. The topological polar surface area (TPSA) is 42.3 Å². The molecule has 1 aliphatic heterocycles. The highest BCUT2D eigenvalue weighted by atomic mass is 16.5. The number of rotatable bonds is 8. The molecule has 1 fully saturated rings. The summed E-state index contributed by atoms with van der Waals surface area (Å²) in [4.78, 5) is 2.48. The van der Waals surface area contributed by atoms with Crippen LogP contribution in [0.1, 0.15) is 38.4 Å². The molecule has 0 amide bonds. The fourth-order valence-corrected chi connectivity index (χ4v) is 2.37. The molecule has 2 rings (SSSR count). The third kappa shape index (κ3) is 4.89. The highest BCUT2D eigenvalue weighted by molar-refractivity contribution is 4.99. The van der Waals surface area contributed by atoms with E-state index in [0.717, 1.165) is 58.1 Å². The highest BCUT2D eigenvalue weighted by Gasteiger charge is 2.09. The predicted octanol–water partition coefficient (Wildman–Crippen LogP) is 1.67. The molecular formula is C15H28N4O. The van der Waals surface area contributed by atoms with Crippen molar-refractivity contribution < 1.29 is 4.74 Å². The first kappa shape index (κ1) is 15.5. The molecule has 114 valence electrons. The molecule has 20 heavy (non-hydrogen) atoms. The standard InChI is InChI=1S/C15H28N4O/c1-3-14(2)19-8-5-15(17-19)13-16-6-4-7-18-9-11-20-12-10-18/h5,8,14,16H,3-4,6-7,9-13H2,1-2H3. The van der Waals surface area contributed by atoms with Gasteiger partial charge in [-0.2, -0.15) is 5.10 Å². The van der Waals surface area contributed by atoms with E-state index in [1.165, 1.54) is 6.42 Å². The van der Waals surface area contributed by atoms with Crippen LogP contribution in [0.3, 0.4) is 0 Å². The molecule has 0 saturated carbocycles. The van der Waals surface area contributed by atoms with E-state index in [9.17, 15) is 0 Å². The van der Waals surface area contributed by atoms with E-state index in [0.29, 0.717) is 6.04 Å². The van der Waals surface area contributed by atoms with Gasteiger partial charge in [0.05, 0.1) is 18.9 Å². The van der Waals surface area contributed by atoms with Gasteiger partial charge in [0.25, 0.3) is 0 Å². The molecule has 5 nitrogen and oxygen atoms in total. The molecule has 1 aliphatic rings. The first-order valence-corrected chi connectivity index (χ1v) is 7.84. The van der Waals surface area contributed by atoms with E-state index in [2.05, 4.69) is 46.1 Å². The summed E-state index contributed by atoms with van der Waals surface area (Å²) in [5.74, 6) is 0. The Morgan fingerprint density at radius 2 is 2.20 bits per heavy atom. The van der Waals surface area contributed by atoms with Gasteiger partial charge in [-0.25, -0.2) is 0 Å². The molecule has 1 aromatic heterocycles.